The Morgan fingerprint density at radius 3 is 2.51 bits per heavy atom. The Balaban J connectivity index is 1.23. The van der Waals surface area contributed by atoms with Gasteiger partial charge in [0.15, 0.2) is 0 Å². The number of carbonyl (C=O) groups is 1. The summed E-state index contributed by atoms with van der Waals surface area (Å²) in [5.74, 6) is 2.90. The summed E-state index contributed by atoms with van der Waals surface area (Å²) in [7, 11) is 2.00. The first-order valence-corrected chi connectivity index (χ1v) is 18.2. The van der Waals surface area contributed by atoms with E-state index < -0.39 is 5.97 Å². The first-order valence-electron chi connectivity index (χ1n) is 18.2. The van der Waals surface area contributed by atoms with Gasteiger partial charge in [-0.05, 0) is 100.0 Å². The molecule has 4 aliphatic rings. The molecule has 0 radical (unpaired) electrons. The third-order valence-electron chi connectivity index (χ3n) is 11.5. The van der Waals surface area contributed by atoms with Crippen LogP contribution in [0.1, 0.15) is 112 Å². The molecule has 1 aliphatic heterocycles. The molecule has 2 saturated carbocycles. The number of benzene rings is 1. The molecule has 3 heterocycles. The Labute approximate surface area is 280 Å². The van der Waals surface area contributed by atoms with Crippen LogP contribution < -0.4 is 10.2 Å². The number of aromatic nitrogens is 4. The molecule has 0 spiro atoms. The fourth-order valence-electron chi connectivity index (χ4n) is 8.69. The second kappa shape index (κ2) is 14.0. The molecule has 7 rings (SSSR count). The van der Waals surface area contributed by atoms with Gasteiger partial charge in [0.25, 0.3) is 0 Å². The van der Waals surface area contributed by atoms with Gasteiger partial charge in [-0.15, -0.1) is 0 Å². The lowest BCUT2D eigenvalue weighted by Crippen LogP contribution is -2.39. The summed E-state index contributed by atoms with van der Waals surface area (Å²) in [6, 6.07) is 11.5. The first-order chi connectivity index (χ1) is 22.8. The number of piperidine rings is 1. The van der Waals surface area contributed by atoms with Crippen molar-refractivity contribution in [2.45, 2.75) is 102 Å². The number of fused-ring (bicyclic) bond motifs is 1. The van der Waals surface area contributed by atoms with E-state index in [1.54, 1.807) is 0 Å². The van der Waals surface area contributed by atoms with E-state index in [4.69, 9.17) is 9.97 Å². The van der Waals surface area contributed by atoms with E-state index in [0.717, 1.165) is 76.5 Å². The van der Waals surface area contributed by atoms with Crippen LogP contribution in [0.4, 0.5) is 11.8 Å². The molecule has 3 aromatic rings. The summed E-state index contributed by atoms with van der Waals surface area (Å²) in [6.07, 6.45) is 14.5. The van der Waals surface area contributed by atoms with Gasteiger partial charge in [-0.2, -0.15) is 10.1 Å². The van der Waals surface area contributed by atoms with Crippen LogP contribution in [-0.4, -0.2) is 67.9 Å². The average molecular weight is 640 g/mol. The zero-order chi connectivity index (χ0) is 32.5. The predicted molar refractivity (Wildman–Crippen MR) is 186 cm³/mol. The number of nitrogens with one attached hydrogen (secondary N) is 1. The lowest BCUT2D eigenvalue weighted by molar-refractivity contribution is -0.143. The number of rotatable bonds is 11. The molecule has 2 aromatic heterocycles. The smallest absolute Gasteiger partial charge is 0.306 e. The summed E-state index contributed by atoms with van der Waals surface area (Å²) < 4.78 is 1.91. The van der Waals surface area contributed by atoms with Crippen LogP contribution in [0.5, 0.6) is 0 Å². The van der Waals surface area contributed by atoms with Crippen LogP contribution in [0.15, 0.2) is 42.7 Å². The van der Waals surface area contributed by atoms with Crippen molar-refractivity contribution in [3.63, 3.8) is 0 Å². The van der Waals surface area contributed by atoms with Crippen LogP contribution in [0, 0.1) is 17.8 Å². The molecule has 252 valence electrons. The van der Waals surface area contributed by atoms with E-state index >= 15 is 0 Å². The highest BCUT2D eigenvalue weighted by molar-refractivity contribution is 5.70. The molecule has 0 amide bonds. The number of aryl methyl sites for hydroxylation is 2. The lowest BCUT2D eigenvalue weighted by atomic mass is 9.74. The number of nitrogens with zero attached hydrogens (tertiary/aromatic N) is 6. The standard InChI is InChI=1S/C38H53N7O2/c1-25-8-7-19-44(21-25)24-34(30-20-39-43(3)23-30)40-36-35-26(2)32(28-9-5-4-6-10-28)17-18-33(35)41-38(42-36)45(31-15-16-31)22-27-11-13-29(14-12-27)37(46)47/h4-6,9-10,20,23,25-27,29,31-32,34H,7-8,11-19,21-22,24H2,1-3H3,(H,46,47)(H,40,41,42)/t25-,26+,27?,29?,32+,34-/m0/s1. The zero-order valence-electron chi connectivity index (χ0n) is 28.5. The van der Waals surface area contributed by atoms with Crippen LogP contribution in [-0.2, 0) is 18.3 Å². The van der Waals surface area contributed by atoms with Gasteiger partial charge in [0, 0.05) is 50.0 Å². The Morgan fingerprint density at radius 1 is 1.04 bits per heavy atom. The zero-order valence-corrected chi connectivity index (χ0v) is 28.5. The van der Waals surface area contributed by atoms with Gasteiger partial charge in [0.1, 0.15) is 5.82 Å². The first kappa shape index (κ1) is 32.1. The van der Waals surface area contributed by atoms with Gasteiger partial charge >= 0.3 is 5.97 Å². The largest absolute Gasteiger partial charge is 0.481 e. The number of hydrogen-bond donors (Lipinski definition) is 2. The molecule has 1 aromatic carbocycles. The third kappa shape index (κ3) is 7.35. The molecule has 0 unspecified atom stereocenters. The Kier molecular flexibility index (Phi) is 9.53. The van der Waals surface area contributed by atoms with Crippen molar-refractivity contribution in [1.29, 1.82) is 0 Å². The molecule has 47 heavy (non-hydrogen) atoms. The SMILES string of the molecule is C[C@H]1CCCN(C[C@H](Nc2nc(N(CC3CCC(C(=O)O)CC3)C3CC3)nc3c2[C@H](C)[C@H](c2ccccc2)CC3)c2cnn(C)c2)C1. The minimum Gasteiger partial charge on any atom is -0.481 e. The van der Waals surface area contributed by atoms with E-state index in [0.29, 0.717) is 23.8 Å². The predicted octanol–water partition coefficient (Wildman–Crippen LogP) is 6.79. The molecule has 0 bridgehead atoms. The minimum absolute atomic E-state index is 0.0609. The maximum Gasteiger partial charge on any atom is 0.306 e. The molecular weight excluding hydrogens is 586 g/mol. The maximum atomic E-state index is 11.6. The summed E-state index contributed by atoms with van der Waals surface area (Å²) in [5.41, 5.74) is 5.04. The molecule has 9 nitrogen and oxygen atoms in total. The highest BCUT2D eigenvalue weighted by Crippen LogP contribution is 2.46. The normalized spacial score (nSPS) is 27.2. The van der Waals surface area contributed by atoms with E-state index in [1.807, 2.05) is 17.9 Å². The molecule has 1 saturated heterocycles. The number of carboxylic acids is 1. The number of aliphatic carboxylic acids is 1. The van der Waals surface area contributed by atoms with Crippen molar-refractivity contribution < 1.29 is 9.90 Å². The van der Waals surface area contributed by atoms with Gasteiger partial charge in [-0.25, -0.2) is 4.98 Å². The monoisotopic (exact) mass is 639 g/mol. The number of anilines is 2. The molecule has 3 fully saturated rings. The van der Waals surface area contributed by atoms with Gasteiger partial charge in [0.05, 0.1) is 23.9 Å². The van der Waals surface area contributed by atoms with Crippen LogP contribution in [0.3, 0.4) is 0 Å². The fraction of sp³-hybridized carbons (Fsp3) is 0.632. The summed E-state index contributed by atoms with van der Waals surface area (Å²) in [4.78, 5) is 27.6. The topological polar surface area (TPSA) is 99.4 Å². The second-order valence-corrected chi connectivity index (χ2v) is 15.2. The van der Waals surface area contributed by atoms with Crippen molar-refractivity contribution in [1.82, 2.24) is 24.6 Å². The van der Waals surface area contributed by atoms with Crippen molar-refractivity contribution in [3.8, 4) is 0 Å². The number of likely N-dealkylation sites (tertiary alicyclic amines) is 1. The summed E-state index contributed by atoms with van der Waals surface area (Å²) >= 11 is 0. The van der Waals surface area contributed by atoms with Crippen molar-refractivity contribution >= 4 is 17.7 Å². The summed E-state index contributed by atoms with van der Waals surface area (Å²) in [6.45, 7) is 8.82. The van der Waals surface area contributed by atoms with Gasteiger partial charge in [-0.3, -0.25) is 9.48 Å². The van der Waals surface area contributed by atoms with E-state index in [2.05, 4.69) is 70.6 Å². The fourth-order valence-corrected chi connectivity index (χ4v) is 8.69. The average Bonchev–Trinajstić information content (AvgIpc) is 3.82. The highest BCUT2D eigenvalue weighted by atomic mass is 16.4. The maximum absolute atomic E-state index is 11.6. The minimum atomic E-state index is -0.638. The van der Waals surface area contributed by atoms with Gasteiger partial charge < -0.3 is 20.2 Å². The summed E-state index contributed by atoms with van der Waals surface area (Å²) in [5, 5.41) is 18.2. The quantitative estimate of drug-likeness (QED) is 0.237. The Hall–Kier alpha value is -3.46. The van der Waals surface area contributed by atoms with E-state index in [9.17, 15) is 9.90 Å². The Bertz CT molecular complexity index is 1510. The lowest BCUT2D eigenvalue weighted by Gasteiger charge is -2.37. The van der Waals surface area contributed by atoms with Crippen LogP contribution in [0.2, 0.25) is 0 Å². The Morgan fingerprint density at radius 2 is 1.83 bits per heavy atom. The van der Waals surface area contributed by atoms with E-state index in [-0.39, 0.29) is 17.9 Å². The molecule has 9 heteroatoms. The third-order valence-corrected chi connectivity index (χ3v) is 11.5. The van der Waals surface area contributed by atoms with Crippen LogP contribution in [0.25, 0.3) is 0 Å². The van der Waals surface area contributed by atoms with Crippen molar-refractivity contribution in [2.24, 2.45) is 24.8 Å². The molecule has 4 atom stereocenters. The van der Waals surface area contributed by atoms with Gasteiger partial charge in [0.2, 0.25) is 5.95 Å². The number of hydrogen-bond acceptors (Lipinski definition) is 7. The van der Waals surface area contributed by atoms with Crippen molar-refractivity contribution in [3.05, 3.63) is 65.1 Å². The van der Waals surface area contributed by atoms with Crippen LogP contribution >= 0.6 is 0 Å². The van der Waals surface area contributed by atoms with Gasteiger partial charge in [-0.1, -0.05) is 44.2 Å². The molecule has 2 N–H and O–H groups in total. The van der Waals surface area contributed by atoms with Crippen molar-refractivity contribution in [2.75, 3.05) is 36.4 Å². The highest BCUT2D eigenvalue weighted by Gasteiger charge is 2.38. The second-order valence-electron chi connectivity index (χ2n) is 15.2. The number of carboxylic acid groups (broad SMARTS) is 1. The molecule has 3 aliphatic carbocycles. The van der Waals surface area contributed by atoms with E-state index in [1.165, 1.54) is 48.1 Å². The molecular formula is C38H53N7O2.